The fourth-order valence-corrected chi connectivity index (χ4v) is 2.37. The summed E-state index contributed by atoms with van der Waals surface area (Å²) in [5.74, 6) is 2.14. The largest absolute Gasteiger partial charge is 0.308 e. The van der Waals surface area contributed by atoms with E-state index in [1.807, 2.05) is 36.2 Å². The lowest BCUT2D eigenvalue weighted by atomic mass is 10.2. The van der Waals surface area contributed by atoms with Crippen molar-refractivity contribution in [2.45, 2.75) is 19.4 Å². The summed E-state index contributed by atoms with van der Waals surface area (Å²) in [5, 5.41) is 12.0. The molecular formula is C12H18N4S. The molecule has 2 aromatic rings. The number of hydrogen-bond donors (Lipinski definition) is 1. The van der Waals surface area contributed by atoms with Crippen LogP contribution in [0.1, 0.15) is 25.2 Å². The fourth-order valence-electron chi connectivity index (χ4n) is 1.90. The lowest BCUT2D eigenvalue weighted by Gasteiger charge is -2.15. The first-order valence-electron chi connectivity index (χ1n) is 5.88. The number of pyridine rings is 1. The van der Waals surface area contributed by atoms with Gasteiger partial charge in [-0.25, -0.2) is 0 Å². The van der Waals surface area contributed by atoms with E-state index in [4.69, 9.17) is 0 Å². The summed E-state index contributed by atoms with van der Waals surface area (Å²) in [6, 6.07) is 6.26. The van der Waals surface area contributed by atoms with Crippen LogP contribution < -0.4 is 5.32 Å². The van der Waals surface area contributed by atoms with Crippen molar-refractivity contribution in [3.05, 3.63) is 30.2 Å². The Morgan fingerprint density at radius 2 is 2.29 bits per heavy atom. The van der Waals surface area contributed by atoms with Gasteiger partial charge in [-0.3, -0.25) is 4.40 Å². The Hall–Kier alpha value is -1.07. The van der Waals surface area contributed by atoms with E-state index in [-0.39, 0.29) is 6.04 Å². The van der Waals surface area contributed by atoms with Gasteiger partial charge in [-0.05, 0) is 37.1 Å². The Bertz CT molecular complexity index is 468. The Morgan fingerprint density at radius 3 is 3.06 bits per heavy atom. The molecule has 4 nitrogen and oxygen atoms in total. The van der Waals surface area contributed by atoms with Crippen LogP contribution in [0.5, 0.6) is 0 Å². The molecule has 0 bridgehead atoms. The highest BCUT2D eigenvalue weighted by Crippen LogP contribution is 2.17. The van der Waals surface area contributed by atoms with Gasteiger partial charge in [-0.2, -0.15) is 11.8 Å². The van der Waals surface area contributed by atoms with Gasteiger partial charge in [0.05, 0.1) is 6.04 Å². The Balaban J connectivity index is 2.27. The van der Waals surface area contributed by atoms with Gasteiger partial charge >= 0.3 is 0 Å². The van der Waals surface area contributed by atoms with Crippen LogP contribution in [0.15, 0.2) is 24.4 Å². The number of nitrogens with zero attached hydrogens (tertiary/aromatic N) is 3. The van der Waals surface area contributed by atoms with Crippen LogP contribution in [0.3, 0.4) is 0 Å². The van der Waals surface area contributed by atoms with Crippen molar-refractivity contribution in [2.24, 2.45) is 0 Å². The second-order valence-corrected chi connectivity index (χ2v) is 4.86. The minimum Gasteiger partial charge on any atom is -0.308 e. The Kier molecular flexibility index (Phi) is 4.39. The summed E-state index contributed by atoms with van der Waals surface area (Å²) in [4.78, 5) is 0. The second kappa shape index (κ2) is 6.02. The second-order valence-electron chi connectivity index (χ2n) is 3.88. The number of hydrogen-bond acceptors (Lipinski definition) is 4. The van der Waals surface area contributed by atoms with Gasteiger partial charge in [0.15, 0.2) is 11.5 Å². The summed E-state index contributed by atoms with van der Waals surface area (Å²) in [5.41, 5.74) is 0.912. The van der Waals surface area contributed by atoms with Crippen LogP contribution in [0.2, 0.25) is 0 Å². The predicted molar refractivity (Wildman–Crippen MR) is 72.4 cm³/mol. The molecule has 1 N–H and O–H groups in total. The highest BCUT2D eigenvalue weighted by Gasteiger charge is 2.16. The number of thioether (sulfide) groups is 1. The first-order chi connectivity index (χ1) is 8.36. The number of nitrogens with one attached hydrogen (secondary N) is 1. The third-order valence-corrected chi connectivity index (χ3v) is 3.36. The third-order valence-electron chi connectivity index (χ3n) is 2.71. The lowest BCUT2D eigenvalue weighted by Crippen LogP contribution is -2.23. The van der Waals surface area contributed by atoms with Crippen molar-refractivity contribution in [1.29, 1.82) is 0 Å². The van der Waals surface area contributed by atoms with E-state index in [1.165, 1.54) is 0 Å². The standard InChI is InChI=1S/C12H18N4S/c1-3-13-10(7-9-17-2)12-15-14-11-6-4-5-8-16(11)12/h4-6,8,10,13H,3,7,9H2,1-2H3. The molecule has 0 amide bonds. The minimum atomic E-state index is 0.282. The Morgan fingerprint density at radius 1 is 1.41 bits per heavy atom. The monoisotopic (exact) mass is 250 g/mol. The van der Waals surface area contributed by atoms with E-state index in [1.54, 1.807) is 0 Å². The molecule has 1 atom stereocenters. The van der Waals surface area contributed by atoms with Crippen LogP contribution in [-0.4, -0.2) is 33.2 Å². The van der Waals surface area contributed by atoms with E-state index < -0.39 is 0 Å². The molecule has 2 heterocycles. The highest BCUT2D eigenvalue weighted by atomic mass is 32.2. The minimum absolute atomic E-state index is 0.282. The maximum absolute atomic E-state index is 4.31. The van der Waals surface area contributed by atoms with Crippen molar-refractivity contribution in [3.63, 3.8) is 0 Å². The molecule has 0 aliphatic carbocycles. The molecule has 0 aliphatic rings. The summed E-state index contributed by atoms with van der Waals surface area (Å²) >= 11 is 1.86. The molecule has 2 rings (SSSR count). The zero-order valence-corrected chi connectivity index (χ0v) is 11.1. The van der Waals surface area contributed by atoms with Crippen LogP contribution >= 0.6 is 11.8 Å². The van der Waals surface area contributed by atoms with Gasteiger partial charge in [-0.1, -0.05) is 13.0 Å². The number of aromatic nitrogens is 3. The van der Waals surface area contributed by atoms with Crippen molar-refractivity contribution >= 4 is 17.4 Å². The third kappa shape index (κ3) is 2.79. The molecule has 2 aromatic heterocycles. The molecule has 17 heavy (non-hydrogen) atoms. The summed E-state index contributed by atoms with van der Waals surface area (Å²) in [6.07, 6.45) is 5.23. The van der Waals surface area contributed by atoms with Gasteiger partial charge in [0.1, 0.15) is 0 Å². The maximum Gasteiger partial charge on any atom is 0.160 e. The van der Waals surface area contributed by atoms with Crippen molar-refractivity contribution < 1.29 is 0 Å². The van der Waals surface area contributed by atoms with E-state index in [0.29, 0.717) is 0 Å². The molecule has 0 fully saturated rings. The van der Waals surface area contributed by atoms with Crippen molar-refractivity contribution in [1.82, 2.24) is 19.9 Å². The van der Waals surface area contributed by atoms with Gasteiger partial charge in [0.2, 0.25) is 0 Å². The van der Waals surface area contributed by atoms with Gasteiger partial charge < -0.3 is 5.32 Å². The molecule has 0 radical (unpaired) electrons. The summed E-state index contributed by atoms with van der Waals surface area (Å²) < 4.78 is 2.06. The van der Waals surface area contributed by atoms with E-state index >= 15 is 0 Å². The lowest BCUT2D eigenvalue weighted by molar-refractivity contribution is 0.509. The Labute approximate surface area is 106 Å². The quantitative estimate of drug-likeness (QED) is 0.853. The van der Waals surface area contributed by atoms with E-state index in [0.717, 1.165) is 30.2 Å². The van der Waals surface area contributed by atoms with Gasteiger partial charge in [0.25, 0.3) is 0 Å². The molecule has 0 saturated heterocycles. The van der Waals surface area contributed by atoms with E-state index in [2.05, 4.69) is 33.1 Å². The van der Waals surface area contributed by atoms with Crippen LogP contribution in [0.4, 0.5) is 0 Å². The maximum atomic E-state index is 4.31. The number of fused-ring (bicyclic) bond motifs is 1. The predicted octanol–water partition coefficient (Wildman–Crippen LogP) is 2.13. The first-order valence-corrected chi connectivity index (χ1v) is 7.28. The topological polar surface area (TPSA) is 42.2 Å². The van der Waals surface area contributed by atoms with Crippen molar-refractivity contribution in [3.8, 4) is 0 Å². The molecule has 5 heteroatoms. The zero-order valence-electron chi connectivity index (χ0n) is 10.3. The molecule has 1 unspecified atom stereocenters. The smallest absolute Gasteiger partial charge is 0.160 e. The SMILES string of the molecule is CCNC(CCSC)c1nnc2ccccn12. The van der Waals surface area contributed by atoms with Gasteiger partial charge in [-0.15, -0.1) is 10.2 Å². The molecule has 0 saturated carbocycles. The van der Waals surface area contributed by atoms with Crippen LogP contribution in [0.25, 0.3) is 5.65 Å². The number of rotatable bonds is 6. The van der Waals surface area contributed by atoms with Crippen LogP contribution in [0, 0.1) is 0 Å². The average molecular weight is 250 g/mol. The molecule has 0 spiro atoms. The fraction of sp³-hybridized carbons (Fsp3) is 0.500. The normalized spacial score (nSPS) is 13.1. The summed E-state index contributed by atoms with van der Waals surface area (Å²) in [7, 11) is 0. The molecule has 92 valence electrons. The highest BCUT2D eigenvalue weighted by molar-refractivity contribution is 7.98. The van der Waals surface area contributed by atoms with E-state index in [9.17, 15) is 0 Å². The molecule has 0 aromatic carbocycles. The van der Waals surface area contributed by atoms with Crippen molar-refractivity contribution in [2.75, 3.05) is 18.6 Å². The van der Waals surface area contributed by atoms with Crippen LogP contribution in [-0.2, 0) is 0 Å². The molecule has 0 aliphatic heterocycles. The average Bonchev–Trinajstić information content (AvgIpc) is 2.78. The zero-order chi connectivity index (χ0) is 12.1. The van der Waals surface area contributed by atoms with Gasteiger partial charge in [0, 0.05) is 6.20 Å². The summed E-state index contributed by atoms with van der Waals surface area (Å²) in [6.45, 7) is 3.07. The first kappa shape index (κ1) is 12.4. The molecular weight excluding hydrogens is 232 g/mol.